The lowest BCUT2D eigenvalue weighted by molar-refractivity contribution is 0.0953. The van der Waals surface area contributed by atoms with E-state index in [-0.39, 0.29) is 5.91 Å². The average Bonchev–Trinajstić information content (AvgIpc) is 2.35. The first kappa shape index (κ1) is 13.0. The van der Waals surface area contributed by atoms with E-state index < -0.39 is 0 Å². The van der Waals surface area contributed by atoms with Crippen LogP contribution in [0.15, 0.2) is 18.2 Å². The van der Waals surface area contributed by atoms with E-state index in [1.165, 1.54) is 0 Å². The van der Waals surface area contributed by atoms with Crippen molar-refractivity contribution < 1.29 is 9.53 Å². The Kier molecular flexibility index (Phi) is 5.02. The number of unbranched alkanes of at least 4 members (excludes halogenated alkanes) is 1. The summed E-state index contributed by atoms with van der Waals surface area (Å²) in [6.45, 7) is 2.44. The molecule has 0 aliphatic carbocycles. The van der Waals surface area contributed by atoms with Crippen molar-refractivity contribution in [3.8, 4) is 11.8 Å². The summed E-state index contributed by atoms with van der Waals surface area (Å²) >= 11 is 0. The van der Waals surface area contributed by atoms with E-state index in [4.69, 9.17) is 10.00 Å². The predicted molar refractivity (Wildman–Crippen MR) is 64.9 cm³/mol. The third kappa shape index (κ3) is 3.80. The van der Waals surface area contributed by atoms with Crippen LogP contribution in [0.5, 0.6) is 5.75 Å². The number of aryl methyl sites for hydroxylation is 1. The fourth-order valence-electron chi connectivity index (χ4n) is 1.43. The number of carbonyl (C=O) groups excluding carboxylic acids is 1. The van der Waals surface area contributed by atoms with Crippen LogP contribution in [-0.2, 0) is 0 Å². The van der Waals surface area contributed by atoms with Gasteiger partial charge in [-0.1, -0.05) is 6.07 Å². The zero-order valence-corrected chi connectivity index (χ0v) is 10.1. The van der Waals surface area contributed by atoms with E-state index in [9.17, 15) is 4.79 Å². The minimum atomic E-state index is -0.138. The number of hydrogen-bond acceptors (Lipinski definition) is 3. The van der Waals surface area contributed by atoms with Gasteiger partial charge in [0.25, 0.3) is 5.91 Å². The summed E-state index contributed by atoms with van der Waals surface area (Å²) in [5.41, 5.74) is 1.57. The molecule has 0 saturated carbocycles. The maximum absolute atomic E-state index is 11.7. The van der Waals surface area contributed by atoms with Gasteiger partial charge in [0.2, 0.25) is 0 Å². The molecule has 0 aliphatic rings. The van der Waals surface area contributed by atoms with Gasteiger partial charge in [0.15, 0.2) is 0 Å². The molecular weight excluding hydrogens is 216 g/mol. The minimum absolute atomic E-state index is 0.138. The lowest BCUT2D eigenvalue weighted by atomic mass is 10.1. The van der Waals surface area contributed by atoms with Gasteiger partial charge >= 0.3 is 0 Å². The highest BCUT2D eigenvalue weighted by Crippen LogP contribution is 2.18. The highest BCUT2D eigenvalue weighted by molar-refractivity contribution is 5.94. The maximum atomic E-state index is 11.7. The Hall–Kier alpha value is -2.02. The number of ether oxygens (including phenoxy) is 1. The van der Waals surface area contributed by atoms with Gasteiger partial charge in [0.05, 0.1) is 13.2 Å². The van der Waals surface area contributed by atoms with Crippen molar-refractivity contribution in [3.63, 3.8) is 0 Å². The fourth-order valence-corrected chi connectivity index (χ4v) is 1.43. The molecule has 90 valence electrons. The van der Waals surface area contributed by atoms with Crippen molar-refractivity contribution in [2.24, 2.45) is 0 Å². The largest absolute Gasteiger partial charge is 0.496 e. The molecule has 0 aliphatic heterocycles. The molecule has 1 aromatic rings. The Morgan fingerprint density at radius 3 is 2.94 bits per heavy atom. The zero-order valence-electron chi connectivity index (χ0n) is 10.1. The molecule has 0 spiro atoms. The average molecular weight is 232 g/mol. The fraction of sp³-hybridized carbons (Fsp3) is 0.385. The van der Waals surface area contributed by atoms with Crippen LogP contribution >= 0.6 is 0 Å². The molecule has 0 aromatic heterocycles. The highest BCUT2D eigenvalue weighted by Gasteiger charge is 2.07. The van der Waals surface area contributed by atoms with Crippen LogP contribution in [0, 0.1) is 18.3 Å². The second-order valence-corrected chi connectivity index (χ2v) is 3.70. The third-order valence-corrected chi connectivity index (χ3v) is 2.42. The Balaban J connectivity index is 2.60. The summed E-state index contributed by atoms with van der Waals surface area (Å²) in [7, 11) is 1.58. The van der Waals surface area contributed by atoms with Gasteiger partial charge in [-0.05, 0) is 31.0 Å². The summed E-state index contributed by atoms with van der Waals surface area (Å²) in [6.07, 6.45) is 1.13. The topological polar surface area (TPSA) is 62.1 Å². The molecule has 0 bridgehead atoms. The predicted octanol–water partition coefficient (Wildman–Crippen LogP) is 2.04. The quantitative estimate of drug-likeness (QED) is 0.790. The van der Waals surface area contributed by atoms with Gasteiger partial charge in [-0.15, -0.1) is 0 Å². The second-order valence-electron chi connectivity index (χ2n) is 3.70. The Bertz CT molecular complexity index is 436. The van der Waals surface area contributed by atoms with Crippen LogP contribution in [-0.4, -0.2) is 19.6 Å². The summed E-state index contributed by atoms with van der Waals surface area (Å²) in [5.74, 6) is 0.566. The SMILES string of the molecule is COc1cc(C(=O)NCCCC#N)ccc1C. The van der Waals surface area contributed by atoms with E-state index in [1.807, 2.05) is 19.1 Å². The van der Waals surface area contributed by atoms with Crippen LogP contribution in [0.3, 0.4) is 0 Å². The molecule has 1 N–H and O–H groups in total. The summed E-state index contributed by atoms with van der Waals surface area (Å²) in [4.78, 5) is 11.7. The molecule has 0 unspecified atom stereocenters. The molecule has 0 radical (unpaired) electrons. The number of nitrogens with one attached hydrogen (secondary N) is 1. The van der Waals surface area contributed by atoms with E-state index in [0.29, 0.717) is 30.7 Å². The molecule has 0 atom stereocenters. The summed E-state index contributed by atoms with van der Waals surface area (Å²) < 4.78 is 5.16. The number of rotatable bonds is 5. The molecule has 1 aromatic carbocycles. The van der Waals surface area contributed by atoms with E-state index in [2.05, 4.69) is 5.32 Å². The lowest BCUT2D eigenvalue weighted by Crippen LogP contribution is -2.24. The molecule has 4 nitrogen and oxygen atoms in total. The van der Waals surface area contributed by atoms with Gasteiger partial charge in [-0.2, -0.15) is 5.26 Å². The van der Waals surface area contributed by atoms with Gasteiger partial charge in [0.1, 0.15) is 5.75 Å². The van der Waals surface area contributed by atoms with Crippen molar-refractivity contribution in [2.75, 3.05) is 13.7 Å². The van der Waals surface area contributed by atoms with E-state index >= 15 is 0 Å². The first-order valence-corrected chi connectivity index (χ1v) is 5.49. The Morgan fingerprint density at radius 2 is 2.29 bits per heavy atom. The number of carbonyl (C=O) groups is 1. The van der Waals surface area contributed by atoms with Gasteiger partial charge in [-0.25, -0.2) is 0 Å². The standard InChI is InChI=1S/C13H16N2O2/c1-10-5-6-11(9-12(10)17-2)13(16)15-8-4-3-7-14/h5-6,9H,3-4,8H2,1-2H3,(H,15,16). The number of hydrogen-bond donors (Lipinski definition) is 1. The number of methoxy groups -OCH3 is 1. The van der Waals surface area contributed by atoms with Crippen LogP contribution in [0.25, 0.3) is 0 Å². The molecule has 0 saturated heterocycles. The highest BCUT2D eigenvalue weighted by atomic mass is 16.5. The molecule has 1 rings (SSSR count). The number of amides is 1. The molecule has 1 amide bonds. The first-order valence-electron chi connectivity index (χ1n) is 5.49. The smallest absolute Gasteiger partial charge is 0.251 e. The number of benzene rings is 1. The Labute approximate surface area is 101 Å². The monoisotopic (exact) mass is 232 g/mol. The normalized spacial score (nSPS) is 9.47. The number of nitriles is 1. The molecule has 0 fully saturated rings. The van der Waals surface area contributed by atoms with Gasteiger partial charge in [0, 0.05) is 18.5 Å². The maximum Gasteiger partial charge on any atom is 0.251 e. The van der Waals surface area contributed by atoms with Crippen molar-refractivity contribution >= 4 is 5.91 Å². The van der Waals surface area contributed by atoms with Crippen LogP contribution in [0.2, 0.25) is 0 Å². The van der Waals surface area contributed by atoms with Crippen molar-refractivity contribution in [2.45, 2.75) is 19.8 Å². The molecule has 0 heterocycles. The summed E-state index contributed by atoms with van der Waals surface area (Å²) in [6, 6.07) is 7.36. The first-order chi connectivity index (χ1) is 8.19. The van der Waals surface area contributed by atoms with Crippen LogP contribution in [0.4, 0.5) is 0 Å². The second kappa shape index (κ2) is 6.54. The summed E-state index contributed by atoms with van der Waals surface area (Å²) in [5, 5.41) is 11.1. The minimum Gasteiger partial charge on any atom is -0.496 e. The van der Waals surface area contributed by atoms with E-state index in [0.717, 1.165) is 5.56 Å². The van der Waals surface area contributed by atoms with Crippen molar-refractivity contribution in [1.29, 1.82) is 5.26 Å². The Morgan fingerprint density at radius 1 is 1.53 bits per heavy atom. The zero-order chi connectivity index (χ0) is 12.7. The van der Waals surface area contributed by atoms with Crippen LogP contribution in [0.1, 0.15) is 28.8 Å². The molecule has 17 heavy (non-hydrogen) atoms. The van der Waals surface area contributed by atoms with Gasteiger partial charge in [-0.3, -0.25) is 4.79 Å². The number of nitrogens with zero attached hydrogens (tertiary/aromatic N) is 1. The molecular formula is C13H16N2O2. The van der Waals surface area contributed by atoms with Crippen molar-refractivity contribution in [3.05, 3.63) is 29.3 Å². The van der Waals surface area contributed by atoms with E-state index in [1.54, 1.807) is 19.2 Å². The lowest BCUT2D eigenvalue weighted by Gasteiger charge is -2.08. The molecule has 4 heteroatoms. The van der Waals surface area contributed by atoms with Crippen LogP contribution < -0.4 is 10.1 Å². The third-order valence-electron chi connectivity index (χ3n) is 2.42. The van der Waals surface area contributed by atoms with Gasteiger partial charge < -0.3 is 10.1 Å². The van der Waals surface area contributed by atoms with Crippen molar-refractivity contribution in [1.82, 2.24) is 5.32 Å².